The molecule has 0 radical (unpaired) electrons. The molecule has 3 heterocycles. The molecule has 0 spiro atoms. The van der Waals surface area contributed by atoms with Crippen LogP contribution in [-0.4, -0.2) is 32.5 Å². The molecule has 1 aliphatic heterocycles. The molecule has 1 amide bonds. The lowest BCUT2D eigenvalue weighted by molar-refractivity contribution is -0.128. The number of benzene rings is 1. The van der Waals surface area contributed by atoms with Crippen molar-refractivity contribution in [1.82, 2.24) is 20.0 Å². The minimum atomic E-state index is -0.0438. The van der Waals surface area contributed by atoms with Crippen LogP contribution in [-0.2, 0) is 11.3 Å². The highest BCUT2D eigenvalue weighted by molar-refractivity contribution is 5.79. The standard InChI is InChI=1S/C19H18N4O2/c1-13-6-2-3-7-14(13)11-23-12-15(10-17(23)24)18-21-19(25-22-18)16-8-4-5-9-20-16/h2-9,15H,10-12H2,1H3. The molecule has 1 aliphatic rings. The summed E-state index contributed by atoms with van der Waals surface area (Å²) < 4.78 is 5.32. The molecule has 3 aromatic rings. The fourth-order valence-electron chi connectivity index (χ4n) is 3.09. The van der Waals surface area contributed by atoms with Crippen molar-refractivity contribution in [3.05, 3.63) is 65.6 Å². The molecule has 1 unspecified atom stereocenters. The Labute approximate surface area is 145 Å². The maximum atomic E-state index is 12.4. The van der Waals surface area contributed by atoms with Crippen molar-refractivity contribution in [2.45, 2.75) is 25.8 Å². The van der Waals surface area contributed by atoms with E-state index >= 15 is 0 Å². The number of carbonyl (C=O) groups excluding carboxylic acids is 1. The first-order chi connectivity index (χ1) is 12.2. The van der Waals surface area contributed by atoms with Crippen LogP contribution in [0.5, 0.6) is 0 Å². The summed E-state index contributed by atoms with van der Waals surface area (Å²) in [6, 6.07) is 13.6. The zero-order chi connectivity index (χ0) is 17.2. The predicted octanol–water partition coefficient (Wildman–Crippen LogP) is 2.96. The molecule has 1 saturated heterocycles. The third-order valence-electron chi connectivity index (χ3n) is 4.53. The first-order valence-electron chi connectivity index (χ1n) is 8.28. The molecule has 25 heavy (non-hydrogen) atoms. The number of hydrogen-bond donors (Lipinski definition) is 0. The van der Waals surface area contributed by atoms with Gasteiger partial charge in [-0.1, -0.05) is 35.5 Å². The summed E-state index contributed by atoms with van der Waals surface area (Å²) in [6.45, 7) is 3.28. The fraction of sp³-hybridized carbons (Fsp3) is 0.263. The average molecular weight is 334 g/mol. The van der Waals surface area contributed by atoms with E-state index in [-0.39, 0.29) is 11.8 Å². The normalized spacial score (nSPS) is 17.2. The maximum Gasteiger partial charge on any atom is 0.276 e. The van der Waals surface area contributed by atoms with Gasteiger partial charge in [-0.3, -0.25) is 9.78 Å². The summed E-state index contributed by atoms with van der Waals surface area (Å²) in [5.74, 6) is 1.04. The van der Waals surface area contributed by atoms with Gasteiger partial charge in [-0.05, 0) is 30.2 Å². The second-order valence-corrected chi connectivity index (χ2v) is 6.27. The minimum Gasteiger partial charge on any atom is -0.338 e. The Morgan fingerprint density at radius 3 is 2.84 bits per heavy atom. The maximum absolute atomic E-state index is 12.4. The average Bonchev–Trinajstić information content (AvgIpc) is 3.25. The molecule has 1 aromatic carbocycles. The summed E-state index contributed by atoms with van der Waals surface area (Å²) in [6.07, 6.45) is 2.09. The highest BCUT2D eigenvalue weighted by atomic mass is 16.5. The Kier molecular flexibility index (Phi) is 4.01. The van der Waals surface area contributed by atoms with Crippen LogP contribution in [0.3, 0.4) is 0 Å². The number of aryl methyl sites for hydroxylation is 1. The number of nitrogens with zero attached hydrogens (tertiary/aromatic N) is 4. The smallest absolute Gasteiger partial charge is 0.276 e. The quantitative estimate of drug-likeness (QED) is 0.733. The molecule has 1 atom stereocenters. The van der Waals surface area contributed by atoms with Gasteiger partial charge >= 0.3 is 0 Å². The van der Waals surface area contributed by atoms with Gasteiger partial charge in [0.25, 0.3) is 5.89 Å². The first-order valence-corrected chi connectivity index (χ1v) is 8.28. The van der Waals surface area contributed by atoms with Crippen molar-refractivity contribution in [2.24, 2.45) is 0 Å². The molecule has 0 bridgehead atoms. The van der Waals surface area contributed by atoms with Crippen LogP contribution >= 0.6 is 0 Å². The van der Waals surface area contributed by atoms with Gasteiger partial charge in [0.1, 0.15) is 5.69 Å². The molecule has 0 saturated carbocycles. The number of rotatable bonds is 4. The van der Waals surface area contributed by atoms with E-state index in [0.29, 0.717) is 36.9 Å². The largest absolute Gasteiger partial charge is 0.338 e. The Morgan fingerprint density at radius 1 is 1.20 bits per heavy atom. The molecule has 1 fully saturated rings. The summed E-state index contributed by atoms with van der Waals surface area (Å²) in [4.78, 5) is 22.9. The number of aromatic nitrogens is 3. The van der Waals surface area contributed by atoms with Crippen LogP contribution < -0.4 is 0 Å². The van der Waals surface area contributed by atoms with Crippen LogP contribution in [0.25, 0.3) is 11.6 Å². The molecule has 126 valence electrons. The van der Waals surface area contributed by atoms with Crippen molar-refractivity contribution in [3.8, 4) is 11.6 Å². The SMILES string of the molecule is Cc1ccccc1CN1CC(c2noc(-c3ccccn3)n2)CC1=O. The Balaban J connectivity index is 1.49. The number of hydrogen-bond acceptors (Lipinski definition) is 5. The van der Waals surface area contributed by atoms with Gasteiger partial charge in [-0.25, -0.2) is 0 Å². The zero-order valence-electron chi connectivity index (χ0n) is 13.9. The van der Waals surface area contributed by atoms with Crippen LogP contribution in [0.4, 0.5) is 0 Å². The summed E-state index contributed by atoms with van der Waals surface area (Å²) in [5, 5.41) is 4.06. The Morgan fingerprint density at radius 2 is 2.04 bits per heavy atom. The zero-order valence-corrected chi connectivity index (χ0v) is 13.9. The molecule has 6 heteroatoms. The fourth-order valence-corrected chi connectivity index (χ4v) is 3.09. The van der Waals surface area contributed by atoms with Gasteiger partial charge in [0.15, 0.2) is 5.82 Å². The van der Waals surface area contributed by atoms with E-state index in [2.05, 4.69) is 34.2 Å². The Hall–Kier alpha value is -3.02. The lowest BCUT2D eigenvalue weighted by Gasteiger charge is -2.17. The van der Waals surface area contributed by atoms with Gasteiger partial charge in [0.2, 0.25) is 5.91 Å². The van der Waals surface area contributed by atoms with E-state index in [1.165, 1.54) is 11.1 Å². The van der Waals surface area contributed by atoms with Crippen molar-refractivity contribution >= 4 is 5.91 Å². The molecule has 4 rings (SSSR count). The molecule has 2 aromatic heterocycles. The van der Waals surface area contributed by atoms with E-state index in [4.69, 9.17) is 4.52 Å². The molecular formula is C19H18N4O2. The molecular weight excluding hydrogens is 316 g/mol. The highest BCUT2D eigenvalue weighted by Crippen LogP contribution is 2.29. The summed E-state index contributed by atoms with van der Waals surface area (Å²) >= 11 is 0. The third-order valence-corrected chi connectivity index (χ3v) is 4.53. The monoisotopic (exact) mass is 334 g/mol. The lowest BCUT2D eigenvalue weighted by Crippen LogP contribution is -2.24. The first kappa shape index (κ1) is 15.5. The van der Waals surface area contributed by atoms with E-state index in [1.807, 2.05) is 35.2 Å². The minimum absolute atomic E-state index is 0.0438. The van der Waals surface area contributed by atoms with E-state index < -0.39 is 0 Å². The second-order valence-electron chi connectivity index (χ2n) is 6.27. The predicted molar refractivity (Wildman–Crippen MR) is 91.5 cm³/mol. The number of amides is 1. The molecule has 6 nitrogen and oxygen atoms in total. The lowest BCUT2D eigenvalue weighted by atomic mass is 10.1. The number of carbonyl (C=O) groups is 1. The van der Waals surface area contributed by atoms with Crippen molar-refractivity contribution in [1.29, 1.82) is 0 Å². The second kappa shape index (κ2) is 6.47. The highest BCUT2D eigenvalue weighted by Gasteiger charge is 2.34. The molecule has 0 N–H and O–H groups in total. The molecule has 0 aliphatic carbocycles. The summed E-state index contributed by atoms with van der Waals surface area (Å²) in [7, 11) is 0. The van der Waals surface area contributed by atoms with E-state index in [0.717, 1.165) is 0 Å². The number of likely N-dealkylation sites (tertiary alicyclic amines) is 1. The van der Waals surface area contributed by atoms with Gasteiger partial charge in [-0.15, -0.1) is 0 Å². The van der Waals surface area contributed by atoms with Crippen molar-refractivity contribution in [3.63, 3.8) is 0 Å². The van der Waals surface area contributed by atoms with Crippen LogP contribution in [0.15, 0.2) is 53.2 Å². The van der Waals surface area contributed by atoms with Crippen LogP contribution in [0.1, 0.15) is 29.3 Å². The van der Waals surface area contributed by atoms with E-state index in [1.54, 1.807) is 6.20 Å². The van der Waals surface area contributed by atoms with Gasteiger partial charge in [-0.2, -0.15) is 4.98 Å². The van der Waals surface area contributed by atoms with Crippen molar-refractivity contribution < 1.29 is 9.32 Å². The summed E-state index contributed by atoms with van der Waals surface area (Å²) in [5.41, 5.74) is 3.00. The van der Waals surface area contributed by atoms with Crippen LogP contribution in [0.2, 0.25) is 0 Å². The topological polar surface area (TPSA) is 72.1 Å². The third kappa shape index (κ3) is 3.15. The van der Waals surface area contributed by atoms with Gasteiger partial charge in [0, 0.05) is 31.6 Å². The van der Waals surface area contributed by atoms with Gasteiger partial charge < -0.3 is 9.42 Å². The van der Waals surface area contributed by atoms with Crippen LogP contribution in [0, 0.1) is 6.92 Å². The van der Waals surface area contributed by atoms with Gasteiger partial charge in [0.05, 0.1) is 0 Å². The van der Waals surface area contributed by atoms with Crippen molar-refractivity contribution in [2.75, 3.05) is 6.54 Å². The number of pyridine rings is 1. The Bertz CT molecular complexity index is 891. The van der Waals surface area contributed by atoms with E-state index in [9.17, 15) is 4.79 Å².